The Morgan fingerprint density at radius 3 is 2.79 bits per heavy atom. The van der Waals surface area contributed by atoms with E-state index in [0.29, 0.717) is 17.8 Å². The minimum atomic E-state index is -3.24. The first kappa shape index (κ1) is 13.9. The largest absolute Gasteiger partial charge is 0.355 e. The molecule has 0 fully saturated rings. The van der Waals surface area contributed by atoms with Crippen LogP contribution in [0.3, 0.4) is 0 Å². The molecule has 104 valence electrons. The fraction of sp³-hybridized carbons (Fsp3) is 0.462. The van der Waals surface area contributed by atoms with Gasteiger partial charge in [-0.25, -0.2) is 8.42 Å². The zero-order valence-electron chi connectivity index (χ0n) is 11.1. The molecule has 0 bridgehead atoms. The summed E-state index contributed by atoms with van der Waals surface area (Å²) in [5.41, 5.74) is 2.20. The summed E-state index contributed by atoms with van der Waals surface area (Å²) in [7, 11) is -1.66. The average Bonchev–Trinajstić information content (AvgIpc) is 2.45. The van der Waals surface area contributed by atoms with E-state index in [1.165, 1.54) is 4.31 Å². The number of anilines is 1. The van der Waals surface area contributed by atoms with E-state index in [2.05, 4.69) is 5.32 Å². The topological polar surface area (TPSA) is 66.5 Å². The average molecular weight is 282 g/mol. The summed E-state index contributed by atoms with van der Waals surface area (Å²) in [5.74, 6) is -0.0674. The predicted molar refractivity (Wildman–Crippen MR) is 75.0 cm³/mol. The quantitative estimate of drug-likeness (QED) is 0.904. The third kappa shape index (κ3) is 2.58. The lowest BCUT2D eigenvalue weighted by Gasteiger charge is -2.30. The summed E-state index contributed by atoms with van der Waals surface area (Å²) < 4.78 is 25.5. The molecule has 19 heavy (non-hydrogen) atoms. The molecule has 1 N–H and O–H groups in total. The Kier molecular flexibility index (Phi) is 3.80. The molecular weight excluding hydrogens is 264 g/mol. The van der Waals surface area contributed by atoms with Gasteiger partial charge in [0.05, 0.1) is 11.4 Å². The number of hydrogen-bond donors (Lipinski definition) is 1. The summed E-state index contributed by atoms with van der Waals surface area (Å²) >= 11 is 0. The lowest BCUT2D eigenvalue weighted by Crippen LogP contribution is -2.36. The Labute approximate surface area is 113 Å². The number of carbonyl (C=O) groups is 1. The molecule has 0 saturated heterocycles. The first-order valence-electron chi connectivity index (χ1n) is 6.35. The van der Waals surface area contributed by atoms with Crippen molar-refractivity contribution in [3.05, 3.63) is 29.3 Å². The fourth-order valence-corrected chi connectivity index (χ4v) is 3.49. The second-order valence-electron chi connectivity index (χ2n) is 4.50. The van der Waals surface area contributed by atoms with Crippen molar-refractivity contribution in [3.63, 3.8) is 0 Å². The van der Waals surface area contributed by atoms with Crippen molar-refractivity contribution < 1.29 is 13.2 Å². The van der Waals surface area contributed by atoms with Crippen LogP contribution >= 0.6 is 0 Å². The van der Waals surface area contributed by atoms with Gasteiger partial charge in [0, 0.05) is 19.2 Å². The Balaban J connectivity index is 2.45. The minimum absolute atomic E-state index is 0.0869. The van der Waals surface area contributed by atoms with Crippen molar-refractivity contribution in [1.29, 1.82) is 0 Å². The van der Waals surface area contributed by atoms with Crippen LogP contribution in [0.2, 0.25) is 0 Å². The van der Waals surface area contributed by atoms with E-state index in [1.807, 2.05) is 0 Å². The Hall–Kier alpha value is -1.56. The number of hydrogen-bond acceptors (Lipinski definition) is 3. The number of amides is 1. The number of nitrogens with one attached hydrogen (secondary N) is 1. The maximum Gasteiger partial charge on any atom is 0.251 e. The molecule has 6 heteroatoms. The van der Waals surface area contributed by atoms with Crippen molar-refractivity contribution in [2.45, 2.75) is 19.8 Å². The third-order valence-corrected chi connectivity index (χ3v) is 5.13. The van der Waals surface area contributed by atoms with Crippen molar-refractivity contribution in [2.24, 2.45) is 0 Å². The van der Waals surface area contributed by atoms with Gasteiger partial charge in [-0.3, -0.25) is 9.10 Å². The van der Waals surface area contributed by atoms with Crippen molar-refractivity contribution in [3.8, 4) is 0 Å². The van der Waals surface area contributed by atoms with Gasteiger partial charge in [-0.15, -0.1) is 0 Å². The predicted octanol–water partition coefficient (Wildman–Crippen LogP) is 1.15. The molecule has 1 aromatic carbocycles. The van der Waals surface area contributed by atoms with Crippen molar-refractivity contribution in [2.75, 3.05) is 23.7 Å². The Morgan fingerprint density at radius 1 is 1.42 bits per heavy atom. The van der Waals surface area contributed by atoms with Crippen LogP contribution < -0.4 is 9.62 Å². The molecule has 0 saturated carbocycles. The Morgan fingerprint density at radius 2 is 2.16 bits per heavy atom. The summed E-state index contributed by atoms with van der Waals surface area (Å²) in [6.07, 6.45) is 1.58. The summed E-state index contributed by atoms with van der Waals surface area (Å²) in [6.45, 7) is 2.16. The Bertz CT molecular complexity index is 596. The first-order valence-corrected chi connectivity index (χ1v) is 7.96. The molecule has 1 aromatic rings. The number of sulfonamides is 1. The van der Waals surface area contributed by atoms with Gasteiger partial charge in [0.2, 0.25) is 10.0 Å². The van der Waals surface area contributed by atoms with Gasteiger partial charge in [0.1, 0.15) is 0 Å². The SMILES string of the molecule is CCS(=O)(=O)N1CCCc2cc(C(=O)NC)ccc21. The van der Waals surface area contributed by atoms with E-state index in [-0.39, 0.29) is 11.7 Å². The number of nitrogens with zero attached hydrogens (tertiary/aromatic N) is 1. The highest BCUT2D eigenvalue weighted by atomic mass is 32.2. The maximum absolute atomic E-state index is 12.0. The fourth-order valence-electron chi connectivity index (χ4n) is 2.29. The smallest absolute Gasteiger partial charge is 0.251 e. The third-order valence-electron chi connectivity index (χ3n) is 3.35. The van der Waals surface area contributed by atoms with Gasteiger partial charge in [-0.05, 0) is 43.5 Å². The van der Waals surface area contributed by atoms with E-state index in [1.54, 1.807) is 32.2 Å². The van der Waals surface area contributed by atoms with Crippen LogP contribution in [0.5, 0.6) is 0 Å². The van der Waals surface area contributed by atoms with E-state index >= 15 is 0 Å². The van der Waals surface area contributed by atoms with Gasteiger partial charge in [-0.2, -0.15) is 0 Å². The highest BCUT2D eigenvalue weighted by Crippen LogP contribution is 2.30. The lowest BCUT2D eigenvalue weighted by atomic mass is 10.0. The maximum atomic E-state index is 12.0. The van der Waals surface area contributed by atoms with Crippen LogP contribution in [-0.2, 0) is 16.4 Å². The molecule has 2 rings (SSSR count). The van der Waals surface area contributed by atoms with E-state index < -0.39 is 10.0 Å². The summed E-state index contributed by atoms with van der Waals surface area (Å²) in [6, 6.07) is 5.18. The highest BCUT2D eigenvalue weighted by Gasteiger charge is 2.26. The van der Waals surface area contributed by atoms with Crippen LogP contribution in [-0.4, -0.2) is 33.7 Å². The first-order chi connectivity index (χ1) is 8.99. The van der Waals surface area contributed by atoms with E-state index in [0.717, 1.165) is 18.4 Å². The van der Waals surface area contributed by atoms with Crippen LogP contribution in [0.25, 0.3) is 0 Å². The second-order valence-corrected chi connectivity index (χ2v) is 6.68. The van der Waals surface area contributed by atoms with Crippen LogP contribution in [0, 0.1) is 0 Å². The molecule has 1 aliphatic heterocycles. The number of aryl methyl sites for hydroxylation is 1. The van der Waals surface area contributed by atoms with Gasteiger partial charge < -0.3 is 5.32 Å². The van der Waals surface area contributed by atoms with Crippen LogP contribution in [0.4, 0.5) is 5.69 Å². The van der Waals surface area contributed by atoms with Gasteiger partial charge in [0.15, 0.2) is 0 Å². The molecule has 0 aromatic heterocycles. The van der Waals surface area contributed by atoms with E-state index in [9.17, 15) is 13.2 Å². The van der Waals surface area contributed by atoms with Crippen molar-refractivity contribution in [1.82, 2.24) is 5.32 Å². The standard InChI is InChI=1S/C13H18N2O3S/c1-3-19(17,18)15-8-4-5-10-9-11(13(16)14-2)6-7-12(10)15/h6-7,9H,3-5,8H2,1-2H3,(H,14,16). The highest BCUT2D eigenvalue weighted by molar-refractivity contribution is 7.92. The molecule has 1 amide bonds. The monoisotopic (exact) mass is 282 g/mol. The molecule has 0 spiro atoms. The van der Waals surface area contributed by atoms with Gasteiger partial charge in [0.25, 0.3) is 5.91 Å². The molecule has 0 atom stereocenters. The van der Waals surface area contributed by atoms with Gasteiger partial charge >= 0.3 is 0 Å². The van der Waals surface area contributed by atoms with Crippen molar-refractivity contribution >= 4 is 21.6 Å². The van der Waals surface area contributed by atoms with E-state index in [4.69, 9.17) is 0 Å². The van der Waals surface area contributed by atoms with Crippen LogP contribution in [0.1, 0.15) is 29.3 Å². The number of benzene rings is 1. The molecule has 5 nitrogen and oxygen atoms in total. The molecule has 0 unspecified atom stereocenters. The zero-order chi connectivity index (χ0) is 14.0. The van der Waals surface area contributed by atoms with Gasteiger partial charge in [-0.1, -0.05) is 0 Å². The molecule has 0 aliphatic carbocycles. The lowest BCUT2D eigenvalue weighted by molar-refractivity contribution is 0.0963. The molecule has 1 heterocycles. The molecular formula is C13H18N2O3S. The number of rotatable bonds is 3. The molecule has 1 aliphatic rings. The number of carbonyl (C=O) groups excluding carboxylic acids is 1. The zero-order valence-corrected chi connectivity index (χ0v) is 12.0. The second kappa shape index (κ2) is 5.21. The number of fused-ring (bicyclic) bond motifs is 1. The normalized spacial score (nSPS) is 14.9. The summed E-state index contributed by atoms with van der Waals surface area (Å²) in [4.78, 5) is 11.6. The van der Waals surface area contributed by atoms with Crippen LogP contribution in [0.15, 0.2) is 18.2 Å². The molecule has 0 radical (unpaired) electrons. The minimum Gasteiger partial charge on any atom is -0.355 e. The summed E-state index contributed by atoms with van der Waals surface area (Å²) in [5, 5.41) is 2.57.